The van der Waals surface area contributed by atoms with Crippen LogP contribution in [0.2, 0.25) is 5.02 Å². The van der Waals surface area contributed by atoms with Gasteiger partial charge in [0.25, 0.3) is 0 Å². The zero-order valence-electron chi connectivity index (χ0n) is 11.7. The predicted octanol–water partition coefficient (Wildman–Crippen LogP) is 2.41. The normalized spacial score (nSPS) is 18.0. The molecule has 6 nitrogen and oxygen atoms in total. The highest BCUT2D eigenvalue weighted by atomic mass is 35.5. The van der Waals surface area contributed by atoms with E-state index in [1.807, 2.05) is 18.2 Å². The molecule has 1 unspecified atom stereocenters. The maximum Gasteiger partial charge on any atom is 0.240 e. The van der Waals surface area contributed by atoms with Gasteiger partial charge in [-0.2, -0.15) is 0 Å². The van der Waals surface area contributed by atoms with Crippen molar-refractivity contribution in [3.05, 3.63) is 41.9 Å². The van der Waals surface area contributed by atoms with E-state index in [4.69, 9.17) is 11.6 Å². The summed E-state index contributed by atoms with van der Waals surface area (Å²) < 4.78 is 1.63. The molecule has 1 aliphatic rings. The van der Waals surface area contributed by atoms with Crippen molar-refractivity contribution in [1.29, 1.82) is 0 Å². The fourth-order valence-electron chi connectivity index (χ4n) is 2.32. The van der Waals surface area contributed by atoms with Gasteiger partial charge in [-0.25, -0.2) is 4.68 Å². The number of thioether (sulfide) groups is 1. The third kappa shape index (κ3) is 2.86. The highest BCUT2D eigenvalue weighted by Crippen LogP contribution is 2.34. The summed E-state index contributed by atoms with van der Waals surface area (Å²) >= 11 is 7.56. The maximum absolute atomic E-state index is 12.6. The summed E-state index contributed by atoms with van der Waals surface area (Å²) in [6, 6.07) is 7.37. The number of amides is 1. The minimum Gasteiger partial charge on any atom is -0.310 e. The van der Waals surface area contributed by atoms with E-state index < -0.39 is 0 Å². The Labute approximate surface area is 137 Å². The summed E-state index contributed by atoms with van der Waals surface area (Å²) in [4.78, 5) is 14.3. The Kier molecular flexibility index (Phi) is 4.44. The molecule has 22 heavy (non-hydrogen) atoms. The van der Waals surface area contributed by atoms with Gasteiger partial charge in [-0.3, -0.25) is 4.79 Å². The fraction of sp³-hybridized carbons (Fsp3) is 0.286. The van der Waals surface area contributed by atoms with Gasteiger partial charge in [0.2, 0.25) is 11.1 Å². The van der Waals surface area contributed by atoms with Gasteiger partial charge in [-0.15, -0.1) is 11.7 Å². The number of carbonyl (C=O) groups excluding carboxylic acids is 1. The topological polar surface area (TPSA) is 63.9 Å². The van der Waals surface area contributed by atoms with E-state index in [2.05, 4.69) is 22.1 Å². The largest absolute Gasteiger partial charge is 0.310 e. The molecule has 1 amide bonds. The van der Waals surface area contributed by atoms with Gasteiger partial charge in [0.15, 0.2) is 0 Å². The van der Waals surface area contributed by atoms with E-state index in [9.17, 15) is 4.79 Å². The SMILES string of the molecule is C=CCn1nnnc1SC1CCN(c2ccccc2Cl)C1=O. The number of para-hydroxylation sites is 1. The molecule has 1 aliphatic heterocycles. The van der Waals surface area contributed by atoms with Gasteiger partial charge < -0.3 is 4.90 Å². The molecular formula is C14H14ClN5OS. The van der Waals surface area contributed by atoms with Crippen molar-refractivity contribution in [3.63, 3.8) is 0 Å². The first-order chi connectivity index (χ1) is 10.7. The van der Waals surface area contributed by atoms with E-state index in [0.29, 0.717) is 23.3 Å². The summed E-state index contributed by atoms with van der Waals surface area (Å²) in [7, 11) is 0. The lowest BCUT2D eigenvalue weighted by atomic mass is 10.3. The minimum atomic E-state index is -0.203. The molecule has 2 heterocycles. The van der Waals surface area contributed by atoms with E-state index in [1.165, 1.54) is 11.8 Å². The molecule has 1 saturated heterocycles. The van der Waals surface area contributed by atoms with Crippen LogP contribution in [0.4, 0.5) is 5.69 Å². The molecule has 0 aliphatic carbocycles. The van der Waals surface area contributed by atoms with Gasteiger partial charge in [0, 0.05) is 6.54 Å². The van der Waals surface area contributed by atoms with Gasteiger partial charge in [0.1, 0.15) is 0 Å². The molecule has 1 aromatic carbocycles. The number of nitrogens with zero attached hydrogens (tertiary/aromatic N) is 5. The number of hydrogen-bond acceptors (Lipinski definition) is 5. The molecule has 3 rings (SSSR count). The molecule has 0 N–H and O–H groups in total. The molecule has 0 spiro atoms. The highest BCUT2D eigenvalue weighted by molar-refractivity contribution is 8.00. The smallest absolute Gasteiger partial charge is 0.240 e. The van der Waals surface area contributed by atoms with Crippen LogP contribution >= 0.6 is 23.4 Å². The Hall–Kier alpha value is -1.86. The molecule has 1 atom stereocenters. The van der Waals surface area contributed by atoms with E-state index in [-0.39, 0.29) is 11.2 Å². The number of anilines is 1. The van der Waals surface area contributed by atoms with Crippen LogP contribution in [0, 0.1) is 0 Å². The zero-order chi connectivity index (χ0) is 15.5. The summed E-state index contributed by atoms with van der Waals surface area (Å²) in [6.07, 6.45) is 2.45. The number of benzene rings is 1. The molecule has 0 radical (unpaired) electrons. The van der Waals surface area contributed by atoms with Crippen LogP contribution in [0.3, 0.4) is 0 Å². The van der Waals surface area contributed by atoms with Crippen LogP contribution in [0.5, 0.6) is 0 Å². The van der Waals surface area contributed by atoms with Crippen LogP contribution in [-0.2, 0) is 11.3 Å². The molecular weight excluding hydrogens is 322 g/mol. The first-order valence-electron chi connectivity index (χ1n) is 6.80. The van der Waals surface area contributed by atoms with Gasteiger partial charge in [-0.05, 0) is 29.0 Å². The Morgan fingerprint density at radius 2 is 2.27 bits per heavy atom. The Bertz CT molecular complexity index is 704. The van der Waals surface area contributed by atoms with Crippen molar-refractivity contribution in [2.75, 3.05) is 11.4 Å². The molecule has 2 aromatic rings. The summed E-state index contributed by atoms with van der Waals surface area (Å²) in [5.41, 5.74) is 0.753. The van der Waals surface area contributed by atoms with Gasteiger partial charge in [0.05, 0.1) is 22.5 Å². The monoisotopic (exact) mass is 335 g/mol. The third-order valence-corrected chi connectivity index (χ3v) is 4.89. The molecule has 8 heteroatoms. The molecule has 0 saturated carbocycles. The van der Waals surface area contributed by atoms with Crippen LogP contribution in [0.15, 0.2) is 42.1 Å². The van der Waals surface area contributed by atoms with Crippen LogP contribution < -0.4 is 4.90 Å². The lowest BCUT2D eigenvalue weighted by Crippen LogP contribution is -2.28. The minimum absolute atomic E-state index is 0.0336. The average Bonchev–Trinajstić information content (AvgIpc) is 3.09. The molecule has 0 bridgehead atoms. The summed E-state index contributed by atoms with van der Waals surface area (Å²) in [5.74, 6) is 0.0336. The lowest BCUT2D eigenvalue weighted by Gasteiger charge is -2.17. The van der Waals surface area contributed by atoms with Crippen LogP contribution in [-0.4, -0.2) is 37.9 Å². The van der Waals surface area contributed by atoms with Crippen molar-refractivity contribution in [3.8, 4) is 0 Å². The standard InChI is InChI=1S/C14H14ClN5OS/c1-2-8-20-14(16-17-18-20)22-12-7-9-19(13(12)21)11-6-4-3-5-10(11)15/h2-6,12H,1,7-9H2. The number of tetrazole rings is 1. The first kappa shape index (κ1) is 15.1. The number of allylic oxidation sites excluding steroid dienone is 1. The quantitative estimate of drug-likeness (QED) is 0.785. The lowest BCUT2D eigenvalue weighted by molar-refractivity contribution is -0.116. The van der Waals surface area contributed by atoms with Gasteiger partial charge >= 0.3 is 0 Å². The second kappa shape index (κ2) is 6.50. The maximum atomic E-state index is 12.6. The van der Waals surface area contributed by atoms with Crippen molar-refractivity contribution in [2.24, 2.45) is 0 Å². The second-order valence-electron chi connectivity index (χ2n) is 4.77. The number of halogens is 1. The zero-order valence-corrected chi connectivity index (χ0v) is 13.3. The number of carbonyl (C=O) groups is 1. The van der Waals surface area contributed by atoms with Crippen molar-refractivity contribution in [2.45, 2.75) is 23.4 Å². The predicted molar refractivity (Wildman–Crippen MR) is 86.1 cm³/mol. The van der Waals surface area contributed by atoms with Crippen molar-refractivity contribution >= 4 is 35.0 Å². The highest BCUT2D eigenvalue weighted by Gasteiger charge is 2.35. The Morgan fingerprint density at radius 3 is 3.05 bits per heavy atom. The van der Waals surface area contributed by atoms with Crippen LogP contribution in [0.1, 0.15) is 6.42 Å². The van der Waals surface area contributed by atoms with E-state index in [0.717, 1.165) is 12.1 Å². The van der Waals surface area contributed by atoms with E-state index >= 15 is 0 Å². The van der Waals surface area contributed by atoms with Gasteiger partial charge in [-0.1, -0.05) is 41.6 Å². The fourth-order valence-corrected chi connectivity index (χ4v) is 3.58. The summed E-state index contributed by atoms with van der Waals surface area (Å²) in [5, 5.41) is 12.5. The average molecular weight is 336 g/mol. The first-order valence-corrected chi connectivity index (χ1v) is 8.06. The van der Waals surface area contributed by atoms with E-state index in [1.54, 1.807) is 21.7 Å². The summed E-state index contributed by atoms with van der Waals surface area (Å²) in [6.45, 7) is 4.83. The Morgan fingerprint density at radius 1 is 1.45 bits per heavy atom. The number of hydrogen-bond donors (Lipinski definition) is 0. The Balaban J connectivity index is 1.75. The van der Waals surface area contributed by atoms with Crippen molar-refractivity contribution < 1.29 is 4.79 Å². The number of rotatable bonds is 5. The van der Waals surface area contributed by atoms with Crippen molar-refractivity contribution in [1.82, 2.24) is 20.2 Å². The second-order valence-corrected chi connectivity index (χ2v) is 6.35. The molecule has 1 fully saturated rings. The molecule has 1 aromatic heterocycles. The van der Waals surface area contributed by atoms with Crippen LogP contribution in [0.25, 0.3) is 0 Å². The molecule has 114 valence electrons. The third-order valence-electron chi connectivity index (χ3n) is 3.35. The number of aromatic nitrogens is 4.